The monoisotopic (exact) mass is 611 g/mol. The number of carbonyl (C=O) groups excluding carboxylic acids is 2. The second-order valence-corrected chi connectivity index (χ2v) is 11.9. The highest BCUT2D eigenvalue weighted by molar-refractivity contribution is 6.00. The van der Waals surface area contributed by atoms with Crippen molar-refractivity contribution in [3.63, 3.8) is 0 Å². The third-order valence-electron chi connectivity index (χ3n) is 9.17. The Hall–Kier alpha value is -3.95. The average Bonchev–Trinajstić information content (AvgIpc) is 3.53. The van der Waals surface area contributed by atoms with Crippen LogP contribution in [0.25, 0.3) is 11.1 Å². The molecule has 3 aromatic carbocycles. The summed E-state index contributed by atoms with van der Waals surface area (Å²) >= 11 is 0. The molecule has 1 atom stereocenters. The molecule has 0 spiro atoms. The summed E-state index contributed by atoms with van der Waals surface area (Å²) in [4.78, 5) is 32.0. The molecule has 3 aliphatic rings. The van der Waals surface area contributed by atoms with E-state index in [-0.39, 0.29) is 18.5 Å². The maximum absolute atomic E-state index is 14.3. The highest BCUT2D eigenvalue weighted by Crippen LogP contribution is 2.50. The molecule has 0 aromatic heterocycles. The fraction of sp³-hybridized carbons (Fsp3) is 0.412. The van der Waals surface area contributed by atoms with Gasteiger partial charge in [0.05, 0.1) is 12.5 Å². The summed E-state index contributed by atoms with van der Waals surface area (Å²) in [6.45, 7) is 1.65. The number of nitrogens with zero attached hydrogens (tertiary/aromatic N) is 3. The number of hydrogen-bond acceptors (Lipinski definition) is 3. The van der Waals surface area contributed by atoms with Gasteiger partial charge in [0.15, 0.2) is 0 Å². The van der Waals surface area contributed by atoms with Gasteiger partial charge in [-0.05, 0) is 53.6 Å². The van der Waals surface area contributed by atoms with Gasteiger partial charge in [-0.1, -0.05) is 67.9 Å². The molecule has 2 aliphatic heterocycles. The van der Waals surface area contributed by atoms with Crippen LogP contribution in [0.3, 0.4) is 0 Å². The quantitative estimate of drug-likeness (QED) is 0.252. The van der Waals surface area contributed by atoms with E-state index >= 15 is 0 Å². The van der Waals surface area contributed by atoms with Crippen molar-refractivity contribution >= 4 is 17.5 Å². The zero-order valence-electron chi connectivity index (χ0n) is 24.4. The van der Waals surface area contributed by atoms with Gasteiger partial charge in [0, 0.05) is 49.0 Å². The lowest BCUT2D eigenvalue weighted by molar-refractivity contribution is -0.285. The molecule has 44 heavy (non-hydrogen) atoms. The van der Waals surface area contributed by atoms with Crippen LogP contribution < -0.4 is 4.90 Å². The Morgan fingerprint density at radius 3 is 2.23 bits per heavy atom. The molecule has 0 radical (unpaired) electrons. The van der Waals surface area contributed by atoms with E-state index < -0.39 is 30.5 Å². The fourth-order valence-electron chi connectivity index (χ4n) is 6.89. The minimum atomic E-state index is -5.77. The lowest BCUT2D eigenvalue weighted by Gasteiger charge is -2.39. The number of carbonyl (C=O) groups is 2. The molecule has 0 bridgehead atoms. The number of hydrogen-bond donors (Lipinski definition) is 0. The van der Waals surface area contributed by atoms with Crippen molar-refractivity contribution in [1.29, 1.82) is 0 Å². The number of rotatable bonds is 8. The maximum atomic E-state index is 14.3. The van der Waals surface area contributed by atoms with E-state index in [1.807, 2.05) is 59.5 Å². The van der Waals surface area contributed by atoms with E-state index in [2.05, 4.69) is 4.90 Å². The van der Waals surface area contributed by atoms with Gasteiger partial charge in [0.2, 0.25) is 5.91 Å². The van der Waals surface area contributed by atoms with Gasteiger partial charge >= 0.3 is 12.1 Å². The molecule has 5 nitrogen and oxygen atoms in total. The molecule has 2 amide bonds. The predicted octanol–water partition coefficient (Wildman–Crippen LogP) is 7.25. The van der Waals surface area contributed by atoms with Crippen molar-refractivity contribution in [3.05, 3.63) is 89.0 Å². The number of unbranched alkanes of at least 4 members (excludes halogenated alkanes) is 1. The number of benzene rings is 3. The summed E-state index contributed by atoms with van der Waals surface area (Å²) in [7, 11) is 0. The lowest BCUT2D eigenvalue weighted by Crippen LogP contribution is -2.50. The van der Waals surface area contributed by atoms with Gasteiger partial charge < -0.3 is 14.7 Å². The van der Waals surface area contributed by atoms with E-state index in [4.69, 9.17) is 0 Å². The number of piperidine rings is 1. The van der Waals surface area contributed by atoms with Crippen LogP contribution >= 0.6 is 0 Å². The SMILES string of the molecule is CCCCN(CC(F)(F)C(F)(F)F)C(=O)C1c2ccccc2-c2cccc(N3CCC(N4Cc5ccccc5C4=O)CC3)c21. The minimum absolute atomic E-state index is 0.0311. The highest BCUT2D eigenvalue weighted by Gasteiger charge is 2.59. The molecule has 1 unspecified atom stereocenters. The van der Waals surface area contributed by atoms with Gasteiger partial charge in [0.25, 0.3) is 5.91 Å². The first-order valence-corrected chi connectivity index (χ1v) is 15.1. The van der Waals surface area contributed by atoms with Crippen molar-refractivity contribution in [3.8, 4) is 11.1 Å². The molecule has 10 heteroatoms. The van der Waals surface area contributed by atoms with Gasteiger partial charge in [-0.3, -0.25) is 9.59 Å². The van der Waals surface area contributed by atoms with Crippen LogP contribution in [-0.2, 0) is 11.3 Å². The second kappa shape index (κ2) is 11.5. The first-order chi connectivity index (χ1) is 21.0. The fourth-order valence-corrected chi connectivity index (χ4v) is 6.89. The minimum Gasteiger partial charge on any atom is -0.371 e. The zero-order chi connectivity index (χ0) is 31.2. The van der Waals surface area contributed by atoms with Crippen LogP contribution in [-0.4, -0.2) is 65.9 Å². The van der Waals surface area contributed by atoms with Crippen molar-refractivity contribution < 1.29 is 31.5 Å². The van der Waals surface area contributed by atoms with Crippen LogP contribution in [0.5, 0.6) is 0 Å². The first-order valence-electron chi connectivity index (χ1n) is 15.1. The molecule has 1 saturated heterocycles. The van der Waals surface area contributed by atoms with E-state index in [0.717, 1.165) is 27.9 Å². The summed E-state index contributed by atoms with van der Waals surface area (Å²) in [5.41, 5.74) is 5.32. The van der Waals surface area contributed by atoms with Crippen LogP contribution in [0, 0.1) is 0 Å². The highest BCUT2D eigenvalue weighted by atomic mass is 19.4. The van der Waals surface area contributed by atoms with Crippen LogP contribution in [0.4, 0.5) is 27.6 Å². The number of halogens is 5. The zero-order valence-corrected chi connectivity index (χ0v) is 24.4. The number of anilines is 1. The van der Waals surface area contributed by atoms with Crippen molar-refractivity contribution in [2.45, 2.75) is 63.2 Å². The molecule has 232 valence electrons. The topological polar surface area (TPSA) is 43.9 Å². The standard InChI is InChI=1S/C34H34F5N3O2/c1-2-3-17-41(21-33(35,36)34(37,38)39)32(44)30-27-12-7-6-11-25(27)26-13-8-14-28(29(26)30)40-18-15-23(16-19-40)42-20-22-9-4-5-10-24(22)31(42)43/h4-14,23,30H,2-3,15-21H2,1H3. The summed E-state index contributed by atoms with van der Waals surface area (Å²) in [6, 6.07) is 20.5. The average molecular weight is 612 g/mol. The first kappa shape index (κ1) is 30.1. The lowest BCUT2D eigenvalue weighted by atomic mass is 9.92. The van der Waals surface area contributed by atoms with Crippen LogP contribution in [0.1, 0.15) is 65.6 Å². The summed E-state index contributed by atoms with van der Waals surface area (Å²) in [5.74, 6) is -6.77. The normalized spacial score (nSPS) is 18.3. The number of alkyl halides is 5. The van der Waals surface area contributed by atoms with E-state index in [1.165, 1.54) is 0 Å². The Labute approximate surface area is 253 Å². The second-order valence-electron chi connectivity index (χ2n) is 11.9. The Morgan fingerprint density at radius 1 is 0.886 bits per heavy atom. The van der Waals surface area contributed by atoms with Gasteiger partial charge in [-0.15, -0.1) is 0 Å². The van der Waals surface area contributed by atoms with Gasteiger partial charge in [-0.25, -0.2) is 0 Å². The summed E-state index contributed by atoms with van der Waals surface area (Å²) < 4.78 is 68.5. The largest absolute Gasteiger partial charge is 0.455 e. The number of amides is 2. The van der Waals surface area contributed by atoms with Gasteiger partial charge in [-0.2, -0.15) is 22.0 Å². The summed E-state index contributed by atoms with van der Waals surface area (Å²) in [5, 5.41) is 0. The Balaban J connectivity index is 1.29. The van der Waals surface area contributed by atoms with Crippen molar-refractivity contribution in [1.82, 2.24) is 9.80 Å². The third kappa shape index (κ3) is 5.22. The molecule has 0 N–H and O–H groups in total. The predicted molar refractivity (Wildman–Crippen MR) is 158 cm³/mol. The van der Waals surface area contributed by atoms with Crippen molar-refractivity contribution in [2.24, 2.45) is 0 Å². The molecule has 6 rings (SSSR count). The molecular weight excluding hydrogens is 577 g/mol. The van der Waals surface area contributed by atoms with Crippen molar-refractivity contribution in [2.75, 3.05) is 31.1 Å². The molecule has 0 saturated carbocycles. The third-order valence-corrected chi connectivity index (χ3v) is 9.17. The van der Waals surface area contributed by atoms with Crippen LogP contribution in [0.2, 0.25) is 0 Å². The Kier molecular flexibility index (Phi) is 7.88. The Bertz CT molecular complexity index is 1560. The Morgan fingerprint density at radius 2 is 1.55 bits per heavy atom. The van der Waals surface area contributed by atoms with Crippen LogP contribution in [0.15, 0.2) is 66.7 Å². The van der Waals surface area contributed by atoms with E-state index in [9.17, 15) is 31.5 Å². The number of fused-ring (bicyclic) bond motifs is 4. The van der Waals surface area contributed by atoms with Gasteiger partial charge in [0.1, 0.15) is 0 Å². The summed E-state index contributed by atoms with van der Waals surface area (Å²) in [6.07, 6.45) is -3.53. The molecular formula is C34H34F5N3O2. The van der Waals surface area contributed by atoms with E-state index in [1.54, 1.807) is 19.1 Å². The smallest absolute Gasteiger partial charge is 0.371 e. The molecule has 3 aromatic rings. The molecule has 2 heterocycles. The molecule has 1 aliphatic carbocycles. The maximum Gasteiger partial charge on any atom is 0.455 e. The van der Waals surface area contributed by atoms with E-state index in [0.29, 0.717) is 61.3 Å². The molecule has 1 fully saturated rings.